The van der Waals surface area contributed by atoms with Gasteiger partial charge in [0.15, 0.2) is 0 Å². The molecule has 0 saturated heterocycles. The molecular weight excluding hydrogens is 262 g/mol. The highest BCUT2D eigenvalue weighted by molar-refractivity contribution is 7.98. The number of hydrogen-bond acceptors (Lipinski definition) is 4. The highest BCUT2D eigenvalue weighted by Gasteiger charge is 2.01. The zero-order valence-electron chi connectivity index (χ0n) is 11.2. The maximum absolute atomic E-state index is 10.7. The van der Waals surface area contributed by atoms with E-state index in [0.29, 0.717) is 12.4 Å². The Hall–Kier alpha value is -1.20. The van der Waals surface area contributed by atoms with Gasteiger partial charge in [-0.15, -0.1) is 0 Å². The zero-order chi connectivity index (χ0) is 13.9. The van der Waals surface area contributed by atoms with Crippen molar-refractivity contribution in [3.05, 3.63) is 29.8 Å². The molecule has 0 aliphatic carbocycles. The van der Waals surface area contributed by atoms with Crippen molar-refractivity contribution in [2.24, 2.45) is 0 Å². The average Bonchev–Trinajstić information content (AvgIpc) is 2.42. The maximum Gasteiger partial charge on any atom is 0.335 e. The van der Waals surface area contributed by atoms with Crippen LogP contribution >= 0.6 is 11.8 Å². The molecule has 0 fully saturated rings. The van der Waals surface area contributed by atoms with Crippen LogP contribution in [-0.2, 0) is 0 Å². The molecule has 0 saturated carbocycles. The smallest absolute Gasteiger partial charge is 0.335 e. The van der Waals surface area contributed by atoms with E-state index in [4.69, 9.17) is 9.84 Å². The van der Waals surface area contributed by atoms with Gasteiger partial charge in [0, 0.05) is 6.54 Å². The highest BCUT2D eigenvalue weighted by Crippen LogP contribution is 2.11. The minimum Gasteiger partial charge on any atom is -0.492 e. The second-order valence-electron chi connectivity index (χ2n) is 4.13. The Morgan fingerprint density at radius 3 is 2.63 bits per heavy atom. The van der Waals surface area contributed by atoms with Gasteiger partial charge in [-0.1, -0.05) is 0 Å². The lowest BCUT2D eigenvalue weighted by atomic mass is 10.2. The predicted molar refractivity (Wildman–Crippen MR) is 79.4 cm³/mol. The molecule has 1 aromatic rings. The number of hydrogen-bond donors (Lipinski definition) is 2. The lowest BCUT2D eigenvalue weighted by Crippen LogP contribution is -2.22. The van der Waals surface area contributed by atoms with Gasteiger partial charge in [-0.2, -0.15) is 11.8 Å². The Labute approximate surface area is 118 Å². The number of ether oxygens (including phenoxy) is 1. The van der Waals surface area contributed by atoms with E-state index in [1.54, 1.807) is 24.3 Å². The topological polar surface area (TPSA) is 58.6 Å². The summed E-state index contributed by atoms with van der Waals surface area (Å²) in [6.07, 6.45) is 4.55. The van der Waals surface area contributed by atoms with Crippen LogP contribution in [0.2, 0.25) is 0 Å². The number of nitrogens with one attached hydrogen (secondary N) is 1. The van der Waals surface area contributed by atoms with Crippen LogP contribution < -0.4 is 10.1 Å². The van der Waals surface area contributed by atoms with Crippen molar-refractivity contribution in [3.8, 4) is 5.75 Å². The SMILES string of the molecule is CSCCCCNCCOc1ccc(C(=O)O)cc1. The first-order valence-corrected chi connectivity index (χ1v) is 7.79. The largest absolute Gasteiger partial charge is 0.492 e. The van der Waals surface area contributed by atoms with Crippen molar-refractivity contribution in [1.82, 2.24) is 5.32 Å². The van der Waals surface area contributed by atoms with Crippen molar-refractivity contribution in [1.29, 1.82) is 0 Å². The Kier molecular flexibility index (Phi) is 8.09. The Morgan fingerprint density at radius 2 is 2.00 bits per heavy atom. The number of carboxylic acids is 1. The molecular formula is C14H21NO3S. The van der Waals surface area contributed by atoms with Gasteiger partial charge < -0.3 is 15.2 Å². The van der Waals surface area contributed by atoms with E-state index in [0.717, 1.165) is 13.1 Å². The first-order valence-electron chi connectivity index (χ1n) is 6.40. The van der Waals surface area contributed by atoms with Gasteiger partial charge in [0.05, 0.1) is 5.56 Å². The Morgan fingerprint density at radius 1 is 1.26 bits per heavy atom. The molecule has 0 unspecified atom stereocenters. The van der Waals surface area contributed by atoms with Crippen LogP contribution in [0.25, 0.3) is 0 Å². The lowest BCUT2D eigenvalue weighted by molar-refractivity contribution is 0.0697. The molecule has 0 spiro atoms. The van der Waals surface area contributed by atoms with Crippen LogP contribution in [0.3, 0.4) is 0 Å². The number of carbonyl (C=O) groups is 1. The molecule has 0 aliphatic rings. The molecule has 19 heavy (non-hydrogen) atoms. The molecule has 4 nitrogen and oxygen atoms in total. The van der Waals surface area contributed by atoms with Crippen LogP contribution in [-0.4, -0.2) is 42.8 Å². The summed E-state index contributed by atoms with van der Waals surface area (Å²) in [4.78, 5) is 10.7. The molecule has 2 N–H and O–H groups in total. The molecule has 1 rings (SSSR count). The second-order valence-corrected chi connectivity index (χ2v) is 5.11. The summed E-state index contributed by atoms with van der Waals surface area (Å²) in [5.41, 5.74) is 0.277. The molecule has 0 bridgehead atoms. The number of unbranched alkanes of at least 4 members (excludes halogenated alkanes) is 1. The summed E-state index contributed by atoms with van der Waals surface area (Å²) < 4.78 is 5.51. The van der Waals surface area contributed by atoms with Crippen molar-refractivity contribution in [3.63, 3.8) is 0 Å². The van der Waals surface area contributed by atoms with E-state index >= 15 is 0 Å². The van der Waals surface area contributed by atoms with Gasteiger partial charge >= 0.3 is 5.97 Å². The van der Waals surface area contributed by atoms with Crippen LogP contribution in [0.4, 0.5) is 0 Å². The normalized spacial score (nSPS) is 10.4. The average molecular weight is 283 g/mol. The highest BCUT2D eigenvalue weighted by atomic mass is 32.2. The number of carboxylic acid groups (broad SMARTS) is 1. The monoisotopic (exact) mass is 283 g/mol. The standard InChI is InChI=1S/C14H21NO3S/c1-19-11-3-2-8-15-9-10-18-13-6-4-12(5-7-13)14(16)17/h4-7,15H,2-3,8-11H2,1H3,(H,16,17). The molecule has 0 amide bonds. The fourth-order valence-corrected chi connectivity index (χ4v) is 2.05. The third-order valence-electron chi connectivity index (χ3n) is 2.60. The van der Waals surface area contributed by atoms with Gasteiger partial charge in [0.2, 0.25) is 0 Å². The zero-order valence-corrected chi connectivity index (χ0v) is 12.0. The van der Waals surface area contributed by atoms with Crippen molar-refractivity contribution < 1.29 is 14.6 Å². The molecule has 0 atom stereocenters. The van der Waals surface area contributed by atoms with Crippen LogP contribution in [0.5, 0.6) is 5.75 Å². The molecule has 5 heteroatoms. The second kappa shape index (κ2) is 9.69. The first kappa shape index (κ1) is 15.9. The fraction of sp³-hybridized carbons (Fsp3) is 0.500. The summed E-state index contributed by atoms with van der Waals surface area (Å²) in [6.45, 7) is 2.41. The van der Waals surface area contributed by atoms with Crippen molar-refractivity contribution in [2.75, 3.05) is 31.7 Å². The van der Waals surface area contributed by atoms with E-state index < -0.39 is 5.97 Å². The van der Waals surface area contributed by atoms with Gasteiger partial charge in [-0.3, -0.25) is 0 Å². The molecule has 0 radical (unpaired) electrons. The fourth-order valence-electron chi connectivity index (χ4n) is 1.56. The number of rotatable bonds is 10. The van der Waals surface area contributed by atoms with Gasteiger partial charge in [0.25, 0.3) is 0 Å². The van der Waals surface area contributed by atoms with Crippen molar-refractivity contribution >= 4 is 17.7 Å². The molecule has 0 heterocycles. The van der Waals surface area contributed by atoms with E-state index in [-0.39, 0.29) is 5.56 Å². The number of thioether (sulfide) groups is 1. The summed E-state index contributed by atoms with van der Waals surface area (Å²) in [5, 5.41) is 12.1. The molecule has 0 aromatic heterocycles. The minimum absolute atomic E-state index is 0.277. The third-order valence-corrected chi connectivity index (χ3v) is 3.30. The molecule has 0 aliphatic heterocycles. The predicted octanol–water partition coefficient (Wildman–Crippen LogP) is 2.50. The Bertz CT molecular complexity index is 367. The minimum atomic E-state index is -0.918. The van der Waals surface area contributed by atoms with E-state index in [9.17, 15) is 4.79 Å². The number of benzene rings is 1. The quantitative estimate of drug-likeness (QED) is 0.646. The summed E-state index contributed by atoms with van der Waals surface area (Å²) >= 11 is 1.88. The van der Waals surface area contributed by atoms with E-state index in [2.05, 4.69) is 11.6 Å². The summed E-state index contributed by atoms with van der Waals surface area (Å²) in [5.74, 6) is 1.00. The van der Waals surface area contributed by atoms with E-state index in [1.165, 1.54) is 18.6 Å². The lowest BCUT2D eigenvalue weighted by Gasteiger charge is -2.07. The molecule has 1 aromatic carbocycles. The first-order chi connectivity index (χ1) is 9.24. The number of aromatic carboxylic acids is 1. The molecule has 106 valence electrons. The van der Waals surface area contributed by atoms with Gasteiger partial charge in [-0.05, 0) is 55.7 Å². The van der Waals surface area contributed by atoms with Crippen molar-refractivity contribution in [2.45, 2.75) is 12.8 Å². The van der Waals surface area contributed by atoms with Crippen LogP contribution in [0.1, 0.15) is 23.2 Å². The van der Waals surface area contributed by atoms with Gasteiger partial charge in [-0.25, -0.2) is 4.79 Å². The van der Waals surface area contributed by atoms with Gasteiger partial charge in [0.1, 0.15) is 12.4 Å². The maximum atomic E-state index is 10.7. The van der Waals surface area contributed by atoms with Crippen LogP contribution in [0.15, 0.2) is 24.3 Å². The van der Waals surface area contributed by atoms with Crippen LogP contribution in [0, 0.1) is 0 Å². The third kappa shape index (κ3) is 7.08. The summed E-state index contributed by atoms with van der Waals surface area (Å²) in [6, 6.07) is 6.46. The Balaban J connectivity index is 2.07. The summed E-state index contributed by atoms with van der Waals surface area (Å²) in [7, 11) is 0. The van der Waals surface area contributed by atoms with E-state index in [1.807, 2.05) is 11.8 Å².